The highest BCUT2D eigenvalue weighted by atomic mass is 35.5. The molecule has 0 aromatic heterocycles. The Labute approximate surface area is 174 Å². The van der Waals surface area contributed by atoms with Gasteiger partial charge in [0.15, 0.2) is 0 Å². The molecule has 0 heterocycles. The first-order valence-electron chi connectivity index (χ1n) is 8.85. The van der Waals surface area contributed by atoms with E-state index in [1.807, 2.05) is 6.07 Å². The predicted molar refractivity (Wildman–Crippen MR) is 111 cm³/mol. The van der Waals surface area contributed by atoms with Crippen LogP contribution in [0.4, 0.5) is 5.69 Å². The first kappa shape index (κ1) is 22.1. The second-order valence-electron chi connectivity index (χ2n) is 6.51. The van der Waals surface area contributed by atoms with Crippen LogP contribution in [0.15, 0.2) is 36.4 Å². The van der Waals surface area contributed by atoms with Crippen LogP contribution in [0.5, 0.6) is 0 Å². The Hall–Kier alpha value is -2.24. The number of nitrogens with two attached hydrogens (primary N) is 1. The third-order valence-corrected chi connectivity index (χ3v) is 5.09. The maximum absolute atomic E-state index is 11.3. The van der Waals surface area contributed by atoms with Crippen molar-refractivity contribution in [2.75, 3.05) is 20.0 Å². The van der Waals surface area contributed by atoms with Crippen LogP contribution in [0, 0.1) is 5.92 Å². The fraction of sp³-hybridized carbons (Fsp3) is 0.333. The lowest BCUT2D eigenvalue weighted by Crippen LogP contribution is -2.01. The molecule has 0 aliphatic heterocycles. The SMILES string of the molecule is COC(=O)c1ccc(CCC2CC2)c(Cl)c1.COC(=O)c1ccc(N)c(Cl)c1. The first-order chi connectivity index (χ1) is 13.3. The quantitative estimate of drug-likeness (QED) is 0.529. The summed E-state index contributed by atoms with van der Waals surface area (Å²) >= 11 is 11.8. The highest BCUT2D eigenvalue weighted by Gasteiger charge is 2.21. The van der Waals surface area contributed by atoms with Crippen molar-refractivity contribution in [1.82, 2.24) is 0 Å². The molecule has 0 saturated heterocycles. The van der Waals surface area contributed by atoms with Gasteiger partial charge in [0.2, 0.25) is 0 Å². The summed E-state index contributed by atoms with van der Waals surface area (Å²) in [4.78, 5) is 22.2. The molecule has 0 atom stereocenters. The lowest BCUT2D eigenvalue weighted by Gasteiger charge is -2.05. The minimum Gasteiger partial charge on any atom is -0.465 e. The minimum atomic E-state index is -0.420. The van der Waals surface area contributed by atoms with Gasteiger partial charge in [0, 0.05) is 5.02 Å². The Balaban J connectivity index is 0.000000209. The van der Waals surface area contributed by atoms with Crippen LogP contribution in [-0.4, -0.2) is 26.2 Å². The zero-order valence-corrected chi connectivity index (χ0v) is 17.3. The van der Waals surface area contributed by atoms with Crippen molar-refractivity contribution in [2.45, 2.75) is 25.7 Å². The summed E-state index contributed by atoms with van der Waals surface area (Å²) in [5.41, 5.74) is 7.94. The van der Waals surface area contributed by atoms with Gasteiger partial charge in [0.25, 0.3) is 0 Å². The van der Waals surface area contributed by atoms with Crippen LogP contribution in [0.25, 0.3) is 0 Å². The zero-order chi connectivity index (χ0) is 20.7. The van der Waals surface area contributed by atoms with Gasteiger partial charge in [-0.2, -0.15) is 0 Å². The second kappa shape index (κ2) is 10.3. The molecule has 0 unspecified atom stereocenters. The Bertz CT molecular complexity index is 850. The van der Waals surface area contributed by atoms with Crippen molar-refractivity contribution in [3.8, 4) is 0 Å². The molecule has 1 aliphatic rings. The lowest BCUT2D eigenvalue weighted by atomic mass is 10.1. The number of carbonyl (C=O) groups is 2. The fourth-order valence-electron chi connectivity index (χ4n) is 2.53. The Kier molecular flexibility index (Phi) is 8.15. The predicted octanol–water partition coefficient (Wildman–Crippen LogP) is 5.18. The summed E-state index contributed by atoms with van der Waals surface area (Å²) in [6.45, 7) is 0. The number of methoxy groups -OCH3 is 2. The number of ether oxygens (including phenoxy) is 2. The molecule has 2 N–H and O–H groups in total. The number of rotatable bonds is 5. The molecule has 1 fully saturated rings. The van der Waals surface area contributed by atoms with Crippen molar-refractivity contribution in [1.29, 1.82) is 0 Å². The number of anilines is 1. The van der Waals surface area contributed by atoms with Gasteiger partial charge in [0.1, 0.15) is 0 Å². The van der Waals surface area contributed by atoms with E-state index in [0.29, 0.717) is 26.9 Å². The highest BCUT2D eigenvalue weighted by molar-refractivity contribution is 6.33. The van der Waals surface area contributed by atoms with Crippen LogP contribution in [0.3, 0.4) is 0 Å². The summed E-state index contributed by atoms with van der Waals surface area (Å²) < 4.78 is 9.13. The summed E-state index contributed by atoms with van der Waals surface area (Å²) in [6, 6.07) is 10.00. The van der Waals surface area contributed by atoms with Gasteiger partial charge in [-0.25, -0.2) is 9.59 Å². The van der Waals surface area contributed by atoms with Gasteiger partial charge in [-0.05, 0) is 54.7 Å². The van der Waals surface area contributed by atoms with Crippen molar-refractivity contribution < 1.29 is 19.1 Å². The van der Waals surface area contributed by atoms with Gasteiger partial charge >= 0.3 is 11.9 Å². The van der Waals surface area contributed by atoms with E-state index in [1.54, 1.807) is 24.3 Å². The maximum Gasteiger partial charge on any atom is 0.337 e. The molecular weight excluding hydrogens is 401 g/mol. The van der Waals surface area contributed by atoms with E-state index in [0.717, 1.165) is 17.9 Å². The number of esters is 2. The van der Waals surface area contributed by atoms with E-state index in [9.17, 15) is 9.59 Å². The summed E-state index contributed by atoms with van der Waals surface area (Å²) in [5.74, 6) is 0.142. The van der Waals surface area contributed by atoms with E-state index < -0.39 is 5.97 Å². The van der Waals surface area contributed by atoms with Crippen molar-refractivity contribution in [2.24, 2.45) is 5.92 Å². The van der Waals surface area contributed by atoms with Crippen LogP contribution in [0.2, 0.25) is 10.0 Å². The Morgan fingerprint density at radius 2 is 1.50 bits per heavy atom. The molecule has 1 aliphatic carbocycles. The van der Waals surface area contributed by atoms with Crippen LogP contribution < -0.4 is 5.73 Å². The normalized spacial score (nSPS) is 12.6. The smallest absolute Gasteiger partial charge is 0.337 e. The fourth-order valence-corrected chi connectivity index (χ4v) is 2.99. The van der Waals surface area contributed by atoms with Crippen LogP contribution in [0.1, 0.15) is 45.5 Å². The average Bonchev–Trinajstić information content (AvgIpc) is 3.52. The number of hydrogen-bond donors (Lipinski definition) is 1. The van der Waals surface area contributed by atoms with Crippen LogP contribution in [-0.2, 0) is 15.9 Å². The molecule has 2 aromatic rings. The van der Waals surface area contributed by atoms with Crippen molar-refractivity contribution >= 4 is 40.8 Å². The van der Waals surface area contributed by atoms with Crippen molar-refractivity contribution in [3.05, 3.63) is 63.1 Å². The third-order valence-electron chi connectivity index (χ3n) is 4.41. The average molecular weight is 424 g/mol. The number of halogens is 2. The Morgan fingerprint density at radius 1 is 0.964 bits per heavy atom. The molecule has 150 valence electrons. The monoisotopic (exact) mass is 423 g/mol. The molecule has 28 heavy (non-hydrogen) atoms. The number of carbonyl (C=O) groups excluding carboxylic acids is 2. The molecule has 0 radical (unpaired) electrons. The first-order valence-corrected chi connectivity index (χ1v) is 9.61. The molecule has 2 aromatic carbocycles. The molecule has 0 spiro atoms. The number of benzene rings is 2. The molecule has 0 amide bonds. The van der Waals surface area contributed by atoms with E-state index in [2.05, 4.69) is 9.47 Å². The zero-order valence-electron chi connectivity index (χ0n) is 15.8. The second-order valence-corrected chi connectivity index (χ2v) is 7.32. The van der Waals surface area contributed by atoms with Gasteiger partial charge in [0.05, 0.1) is 36.1 Å². The molecule has 7 heteroatoms. The van der Waals surface area contributed by atoms with Crippen molar-refractivity contribution in [3.63, 3.8) is 0 Å². The van der Waals surface area contributed by atoms with E-state index in [4.69, 9.17) is 28.9 Å². The molecule has 5 nitrogen and oxygen atoms in total. The summed E-state index contributed by atoms with van der Waals surface area (Å²) in [7, 11) is 2.68. The number of aryl methyl sites for hydroxylation is 1. The molecule has 1 saturated carbocycles. The summed E-state index contributed by atoms with van der Waals surface area (Å²) in [6.07, 6.45) is 4.93. The van der Waals surface area contributed by atoms with Gasteiger partial charge in [-0.3, -0.25) is 0 Å². The molecular formula is C21H23Cl2NO4. The lowest BCUT2D eigenvalue weighted by molar-refractivity contribution is 0.0592. The highest BCUT2D eigenvalue weighted by Crippen LogP contribution is 2.34. The third kappa shape index (κ3) is 6.43. The van der Waals surface area contributed by atoms with E-state index in [-0.39, 0.29) is 5.97 Å². The van der Waals surface area contributed by atoms with Gasteiger partial charge < -0.3 is 15.2 Å². The van der Waals surface area contributed by atoms with Gasteiger partial charge in [-0.15, -0.1) is 0 Å². The maximum atomic E-state index is 11.3. The summed E-state index contributed by atoms with van der Waals surface area (Å²) in [5, 5.41) is 1.03. The topological polar surface area (TPSA) is 78.6 Å². The standard InChI is InChI=1S/C13H15ClO2.C8H8ClNO2/c1-16-13(15)11-7-6-10(12(14)8-11)5-4-9-2-3-9;1-12-8(11)5-2-3-7(10)6(9)4-5/h6-9H,2-5H2,1H3;2-4H,10H2,1H3. The largest absolute Gasteiger partial charge is 0.465 e. The number of nitrogen functional groups attached to an aromatic ring is 1. The minimum absolute atomic E-state index is 0.337. The van der Waals surface area contributed by atoms with Crippen LogP contribution >= 0.6 is 23.2 Å². The Morgan fingerprint density at radius 3 is 1.96 bits per heavy atom. The van der Waals surface area contributed by atoms with E-state index in [1.165, 1.54) is 39.5 Å². The molecule has 0 bridgehead atoms. The molecule has 3 rings (SSSR count). The van der Waals surface area contributed by atoms with E-state index >= 15 is 0 Å². The number of hydrogen-bond acceptors (Lipinski definition) is 5. The van der Waals surface area contributed by atoms with Gasteiger partial charge in [-0.1, -0.05) is 42.1 Å².